The zero-order chi connectivity index (χ0) is 15.4. The summed E-state index contributed by atoms with van der Waals surface area (Å²) in [6.07, 6.45) is 0. The van der Waals surface area contributed by atoms with Crippen LogP contribution in [0.25, 0.3) is 0 Å². The van der Waals surface area contributed by atoms with Crippen molar-refractivity contribution in [1.82, 2.24) is 4.98 Å². The minimum atomic E-state index is -0.696. The third-order valence-corrected chi connectivity index (χ3v) is 2.67. The second-order valence-corrected chi connectivity index (χ2v) is 4.18. The van der Waals surface area contributed by atoms with Crippen molar-refractivity contribution in [3.05, 3.63) is 57.8 Å². The molecule has 7 nitrogen and oxygen atoms in total. The molecule has 0 saturated heterocycles. The molecule has 0 bridgehead atoms. The Morgan fingerprint density at radius 3 is 2.43 bits per heavy atom. The summed E-state index contributed by atoms with van der Waals surface area (Å²) in [6, 6.07) is 9.28. The van der Waals surface area contributed by atoms with Gasteiger partial charge in [0.1, 0.15) is 5.75 Å². The lowest BCUT2D eigenvalue weighted by molar-refractivity contribution is -0.386. The van der Waals surface area contributed by atoms with E-state index in [4.69, 9.17) is 4.74 Å². The van der Waals surface area contributed by atoms with E-state index in [1.165, 1.54) is 13.2 Å². The number of carbonyl (C=O) groups excluding carboxylic acids is 1. The number of nitrogens with zero attached hydrogens (tertiary/aromatic N) is 2. The maximum atomic E-state index is 11.4. The molecular formula is C14H12N2O5. The predicted molar refractivity (Wildman–Crippen MR) is 73.5 cm³/mol. The number of ether oxygens (including phenoxy) is 2. The SMILES string of the molecule is COC(=O)c1ccc([N+](=O)[O-])c(Oc2ccc(C)cc2)n1. The molecule has 0 spiro atoms. The Balaban J connectivity index is 2.40. The highest BCUT2D eigenvalue weighted by Gasteiger charge is 2.21. The minimum Gasteiger partial charge on any atom is -0.464 e. The van der Waals surface area contributed by atoms with Gasteiger partial charge in [0.15, 0.2) is 5.69 Å². The minimum absolute atomic E-state index is 0.0646. The molecule has 21 heavy (non-hydrogen) atoms. The fraction of sp³-hybridized carbons (Fsp3) is 0.143. The number of carbonyl (C=O) groups is 1. The van der Waals surface area contributed by atoms with Gasteiger partial charge in [0, 0.05) is 6.07 Å². The summed E-state index contributed by atoms with van der Waals surface area (Å²) < 4.78 is 9.93. The monoisotopic (exact) mass is 288 g/mol. The molecule has 0 aliphatic rings. The van der Waals surface area contributed by atoms with Gasteiger partial charge < -0.3 is 9.47 Å². The van der Waals surface area contributed by atoms with Crippen molar-refractivity contribution in [2.24, 2.45) is 0 Å². The van der Waals surface area contributed by atoms with E-state index in [1.54, 1.807) is 24.3 Å². The van der Waals surface area contributed by atoms with Crippen LogP contribution in [0.3, 0.4) is 0 Å². The normalized spacial score (nSPS) is 10.0. The quantitative estimate of drug-likeness (QED) is 0.488. The smallest absolute Gasteiger partial charge is 0.356 e. The number of methoxy groups -OCH3 is 1. The Kier molecular flexibility index (Phi) is 4.13. The van der Waals surface area contributed by atoms with Crippen molar-refractivity contribution < 1.29 is 19.2 Å². The molecule has 0 aliphatic carbocycles. The standard InChI is InChI=1S/C14H12N2O5/c1-9-3-5-10(6-4-9)21-13-12(16(18)19)8-7-11(15-13)14(17)20-2/h3-8H,1-2H3. The number of esters is 1. The molecule has 0 amide bonds. The van der Waals surface area contributed by atoms with E-state index in [1.807, 2.05) is 6.92 Å². The van der Waals surface area contributed by atoms with E-state index < -0.39 is 10.9 Å². The maximum Gasteiger partial charge on any atom is 0.356 e. The van der Waals surface area contributed by atoms with Gasteiger partial charge in [-0.1, -0.05) is 17.7 Å². The van der Waals surface area contributed by atoms with Gasteiger partial charge >= 0.3 is 11.7 Å². The molecule has 7 heteroatoms. The van der Waals surface area contributed by atoms with Crippen LogP contribution in [0.1, 0.15) is 16.1 Å². The predicted octanol–water partition coefficient (Wildman–Crippen LogP) is 2.88. The largest absolute Gasteiger partial charge is 0.464 e. The van der Waals surface area contributed by atoms with Crippen molar-refractivity contribution in [1.29, 1.82) is 0 Å². The van der Waals surface area contributed by atoms with Crippen LogP contribution in [-0.2, 0) is 4.74 Å². The number of hydrogen-bond donors (Lipinski definition) is 0. The van der Waals surface area contributed by atoms with Crippen LogP contribution in [0, 0.1) is 17.0 Å². The maximum absolute atomic E-state index is 11.4. The molecule has 0 atom stereocenters. The second kappa shape index (κ2) is 6.00. The first-order chi connectivity index (χ1) is 10.0. The fourth-order valence-electron chi connectivity index (χ4n) is 1.58. The lowest BCUT2D eigenvalue weighted by atomic mass is 10.2. The van der Waals surface area contributed by atoms with Crippen molar-refractivity contribution in [3.63, 3.8) is 0 Å². The molecule has 0 fully saturated rings. The zero-order valence-electron chi connectivity index (χ0n) is 11.4. The van der Waals surface area contributed by atoms with Gasteiger partial charge in [-0.15, -0.1) is 0 Å². The van der Waals surface area contributed by atoms with Gasteiger partial charge in [-0.2, -0.15) is 4.98 Å². The molecule has 0 unspecified atom stereocenters. The first-order valence-corrected chi connectivity index (χ1v) is 5.99. The number of hydrogen-bond acceptors (Lipinski definition) is 6. The Hall–Kier alpha value is -2.96. The van der Waals surface area contributed by atoms with Crippen LogP contribution in [0.4, 0.5) is 5.69 Å². The fourth-order valence-corrected chi connectivity index (χ4v) is 1.58. The average Bonchev–Trinajstić information content (AvgIpc) is 2.48. The number of aryl methyl sites for hydroxylation is 1. The number of rotatable bonds is 4. The van der Waals surface area contributed by atoms with E-state index in [-0.39, 0.29) is 17.3 Å². The van der Waals surface area contributed by atoms with Gasteiger partial charge in [-0.05, 0) is 25.1 Å². The van der Waals surface area contributed by atoms with Gasteiger partial charge in [-0.3, -0.25) is 10.1 Å². The van der Waals surface area contributed by atoms with Crippen LogP contribution >= 0.6 is 0 Å². The molecule has 1 aromatic heterocycles. The average molecular weight is 288 g/mol. The molecule has 0 radical (unpaired) electrons. The van der Waals surface area contributed by atoms with Gasteiger partial charge in [0.25, 0.3) is 5.88 Å². The number of nitro groups is 1. The van der Waals surface area contributed by atoms with Crippen LogP contribution in [0.15, 0.2) is 36.4 Å². The highest BCUT2D eigenvalue weighted by molar-refractivity contribution is 5.87. The zero-order valence-corrected chi connectivity index (χ0v) is 11.4. The summed E-state index contributed by atoms with van der Waals surface area (Å²) in [5.41, 5.74) is 0.626. The van der Waals surface area contributed by atoms with Crippen LogP contribution in [0.5, 0.6) is 11.6 Å². The number of benzene rings is 1. The third kappa shape index (κ3) is 3.33. The number of pyridine rings is 1. The summed E-state index contributed by atoms with van der Waals surface area (Å²) in [5.74, 6) is -0.566. The Labute approximate surface area is 120 Å². The van der Waals surface area contributed by atoms with Crippen molar-refractivity contribution >= 4 is 11.7 Å². The summed E-state index contributed by atoms with van der Waals surface area (Å²) in [7, 11) is 1.20. The molecule has 1 aromatic carbocycles. The molecule has 2 rings (SSSR count). The van der Waals surface area contributed by atoms with Crippen LogP contribution < -0.4 is 4.74 Å². The number of aromatic nitrogens is 1. The summed E-state index contributed by atoms with van der Waals surface area (Å²) in [4.78, 5) is 25.6. The van der Waals surface area contributed by atoms with Crippen LogP contribution in [-0.4, -0.2) is 23.0 Å². The molecular weight excluding hydrogens is 276 g/mol. The Morgan fingerprint density at radius 1 is 1.19 bits per heavy atom. The van der Waals surface area contributed by atoms with Gasteiger partial charge in [0.05, 0.1) is 12.0 Å². The lowest BCUT2D eigenvalue weighted by Crippen LogP contribution is -2.06. The molecule has 0 saturated carbocycles. The first kappa shape index (κ1) is 14.4. The van der Waals surface area contributed by atoms with Crippen LogP contribution in [0.2, 0.25) is 0 Å². The topological polar surface area (TPSA) is 91.6 Å². The lowest BCUT2D eigenvalue weighted by Gasteiger charge is -2.07. The van der Waals surface area contributed by atoms with Crippen molar-refractivity contribution in [2.45, 2.75) is 6.92 Å². The molecule has 108 valence electrons. The molecule has 2 aromatic rings. The summed E-state index contributed by atoms with van der Waals surface area (Å²) in [5, 5.41) is 11.0. The third-order valence-electron chi connectivity index (χ3n) is 2.67. The highest BCUT2D eigenvalue weighted by Crippen LogP contribution is 2.29. The summed E-state index contributed by atoms with van der Waals surface area (Å²) in [6.45, 7) is 1.91. The highest BCUT2D eigenvalue weighted by atomic mass is 16.6. The van der Waals surface area contributed by atoms with E-state index in [0.717, 1.165) is 11.6 Å². The molecule has 1 heterocycles. The van der Waals surface area contributed by atoms with Crippen molar-refractivity contribution in [2.75, 3.05) is 7.11 Å². The molecule has 0 N–H and O–H groups in total. The van der Waals surface area contributed by atoms with E-state index >= 15 is 0 Å². The Bertz CT molecular complexity index is 682. The van der Waals surface area contributed by atoms with Crippen molar-refractivity contribution in [3.8, 4) is 11.6 Å². The van der Waals surface area contributed by atoms with E-state index in [2.05, 4.69) is 9.72 Å². The Morgan fingerprint density at radius 2 is 1.86 bits per heavy atom. The van der Waals surface area contributed by atoms with Gasteiger partial charge in [-0.25, -0.2) is 4.79 Å². The second-order valence-electron chi connectivity index (χ2n) is 4.18. The first-order valence-electron chi connectivity index (χ1n) is 5.99. The molecule has 0 aliphatic heterocycles. The van der Waals surface area contributed by atoms with E-state index in [0.29, 0.717) is 5.75 Å². The summed E-state index contributed by atoms with van der Waals surface area (Å²) >= 11 is 0. The van der Waals surface area contributed by atoms with Gasteiger partial charge in [0.2, 0.25) is 0 Å². The van der Waals surface area contributed by atoms with E-state index in [9.17, 15) is 14.9 Å².